The number of carbonyl (C=O) groups excluding carboxylic acids is 1. The van der Waals surface area contributed by atoms with Crippen molar-refractivity contribution in [2.45, 2.75) is 78.5 Å². The van der Waals surface area contributed by atoms with E-state index in [4.69, 9.17) is 4.74 Å². The Morgan fingerprint density at radius 3 is 2.33 bits per heavy atom. The molecule has 2 N–H and O–H groups in total. The van der Waals surface area contributed by atoms with Gasteiger partial charge in [0, 0.05) is 18.6 Å². The highest BCUT2D eigenvalue weighted by molar-refractivity contribution is 5.67. The first-order chi connectivity index (χ1) is 8.28. The van der Waals surface area contributed by atoms with Crippen molar-refractivity contribution in [1.82, 2.24) is 10.6 Å². The van der Waals surface area contributed by atoms with Crippen LogP contribution in [0.2, 0.25) is 0 Å². The molecule has 1 amide bonds. The molecule has 0 fully saturated rings. The molecule has 4 nitrogen and oxygen atoms in total. The highest BCUT2D eigenvalue weighted by Crippen LogP contribution is 2.06. The lowest BCUT2D eigenvalue weighted by atomic mass is 10.1. The summed E-state index contributed by atoms with van der Waals surface area (Å²) in [5, 5.41) is 6.30. The number of ether oxygens (including phenoxy) is 1. The fraction of sp³-hybridized carbons (Fsp3) is 0.929. The second-order valence-electron chi connectivity index (χ2n) is 5.84. The largest absolute Gasteiger partial charge is 0.444 e. The zero-order valence-electron chi connectivity index (χ0n) is 12.8. The number of nitrogens with one attached hydrogen (secondary N) is 2. The monoisotopic (exact) mass is 258 g/mol. The fourth-order valence-corrected chi connectivity index (χ4v) is 1.77. The summed E-state index contributed by atoms with van der Waals surface area (Å²) in [4.78, 5) is 11.5. The number of rotatable bonds is 7. The third-order valence-corrected chi connectivity index (χ3v) is 2.60. The summed E-state index contributed by atoms with van der Waals surface area (Å²) < 4.78 is 5.19. The van der Waals surface area contributed by atoms with Crippen LogP contribution in [-0.2, 0) is 4.74 Å². The van der Waals surface area contributed by atoms with Gasteiger partial charge < -0.3 is 15.4 Å². The molecule has 0 aliphatic rings. The molecule has 0 rings (SSSR count). The van der Waals surface area contributed by atoms with Gasteiger partial charge in [-0.2, -0.15) is 0 Å². The van der Waals surface area contributed by atoms with Crippen LogP contribution in [0.15, 0.2) is 0 Å². The van der Waals surface area contributed by atoms with E-state index in [-0.39, 0.29) is 12.1 Å². The van der Waals surface area contributed by atoms with E-state index < -0.39 is 5.60 Å². The molecule has 0 aromatic rings. The Hall–Kier alpha value is -0.770. The number of amides is 1. The van der Waals surface area contributed by atoms with Gasteiger partial charge >= 0.3 is 6.09 Å². The summed E-state index contributed by atoms with van der Waals surface area (Å²) >= 11 is 0. The zero-order valence-corrected chi connectivity index (χ0v) is 12.8. The Morgan fingerprint density at radius 2 is 1.89 bits per heavy atom. The van der Waals surface area contributed by atoms with Gasteiger partial charge in [-0.05, 0) is 40.5 Å². The molecule has 0 aromatic heterocycles. The van der Waals surface area contributed by atoms with E-state index >= 15 is 0 Å². The topological polar surface area (TPSA) is 50.4 Å². The van der Waals surface area contributed by atoms with Crippen molar-refractivity contribution < 1.29 is 9.53 Å². The summed E-state index contributed by atoms with van der Waals surface area (Å²) in [5.41, 5.74) is -0.436. The minimum atomic E-state index is -0.436. The van der Waals surface area contributed by atoms with Crippen LogP contribution in [0, 0.1) is 0 Å². The first kappa shape index (κ1) is 17.2. The molecule has 0 aliphatic heterocycles. The van der Waals surface area contributed by atoms with Crippen LogP contribution in [0.25, 0.3) is 0 Å². The number of hydrogen-bond acceptors (Lipinski definition) is 3. The minimum Gasteiger partial charge on any atom is -0.444 e. The average Bonchev–Trinajstić information content (AvgIpc) is 2.23. The first-order valence-corrected chi connectivity index (χ1v) is 7.01. The van der Waals surface area contributed by atoms with E-state index in [2.05, 4.69) is 31.4 Å². The Kier molecular flexibility index (Phi) is 8.00. The van der Waals surface area contributed by atoms with Crippen molar-refractivity contribution in [2.75, 3.05) is 6.54 Å². The number of alkyl carbamates (subject to hydrolysis) is 1. The third-order valence-electron chi connectivity index (χ3n) is 2.60. The smallest absolute Gasteiger partial charge is 0.407 e. The molecule has 0 saturated heterocycles. The number of hydrogen-bond donors (Lipinski definition) is 2. The average molecular weight is 258 g/mol. The second kappa shape index (κ2) is 8.35. The van der Waals surface area contributed by atoms with E-state index in [1.807, 2.05) is 20.8 Å². The molecule has 0 spiro atoms. The molecule has 18 heavy (non-hydrogen) atoms. The van der Waals surface area contributed by atoms with Crippen LogP contribution in [-0.4, -0.2) is 30.3 Å². The lowest BCUT2D eigenvalue weighted by Gasteiger charge is -2.24. The third kappa shape index (κ3) is 9.28. The molecular weight excluding hydrogens is 228 g/mol. The summed E-state index contributed by atoms with van der Waals surface area (Å²) in [6.45, 7) is 12.6. The molecule has 0 aromatic carbocycles. The molecule has 108 valence electrons. The van der Waals surface area contributed by atoms with Gasteiger partial charge in [-0.15, -0.1) is 0 Å². The van der Waals surface area contributed by atoms with Crippen LogP contribution in [0.5, 0.6) is 0 Å². The van der Waals surface area contributed by atoms with Crippen LogP contribution < -0.4 is 10.6 Å². The van der Waals surface area contributed by atoms with Crippen LogP contribution in [0.3, 0.4) is 0 Å². The van der Waals surface area contributed by atoms with Gasteiger partial charge in [-0.3, -0.25) is 0 Å². The Bertz CT molecular complexity index is 236. The van der Waals surface area contributed by atoms with Gasteiger partial charge in [0.05, 0.1) is 0 Å². The molecule has 4 heteroatoms. The Balaban J connectivity index is 3.88. The van der Waals surface area contributed by atoms with Gasteiger partial charge in [0.2, 0.25) is 0 Å². The first-order valence-electron chi connectivity index (χ1n) is 7.01. The highest BCUT2D eigenvalue weighted by atomic mass is 16.6. The summed E-state index contributed by atoms with van der Waals surface area (Å²) in [6, 6.07) is 0.791. The maximum atomic E-state index is 11.5. The maximum absolute atomic E-state index is 11.5. The van der Waals surface area contributed by atoms with Crippen molar-refractivity contribution in [2.24, 2.45) is 0 Å². The Labute approximate surface area is 112 Å². The maximum Gasteiger partial charge on any atom is 0.407 e. The van der Waals surface area contributed by atoms with Gasteiger partial charge in [-0.1, -0.05) is 20.3 Å². The van der Waals surface area contributed by atoms with Crippen LogP contribution in [0.4, 0.5) is 4.79 Å². The molecular formula is C14H30N2O2. The number of carbonyl (C=O) groups is 1. The van der Waals surface area contributed by atoms with Crippen molar-refractivity contribution in [1.29, 1.82) is 0 Å². The van der Waals surface area contributed by atoms with Gasteiger partial charge in [0.15, 0.2) is 0 Å². The van der Waals surface area contributed by atoms with Crippen LogP contribution >= 0.6 is 0 Å². The van der Waals surface area contributed by atoms with Gasteiger partial charge in [0.25, 0.3) is 0 Å². The lowest BCUT2D eigenvalue weighted by molar-refractivity contribution is 0.0522. The molecule has 2 unspecified atom stereocenters. The van der Waals surface area contributed by atoms with Gasteiger partial charge in [-0.25, -0.2) is 4.79 Å². The van der Waals surface area contributed by atoms with E-state index in [0.717, 1.165) is 6.42 Å². The van der Waals surface area contributed by atoms with Crippen molar-refractivity contribution >= 4 is 6.09 Å². The molecule has 0 radical (unpaired) electrons. The molecule has 0 bridgehead atoms. The van der Waals surface area contributed by atoms with Crippen molar-refractivity contribution in [3.8, 4) is 0 Å². The minimum absolute atomic E-state index is 0.258. The van der Waals surface area contributed by atoms with E-state index in [1.165, 1.54) is 12.8 Å². The predicted molar refractivity (Wildman–Crippen MR) is 75.8 cm³/mol. The molecule has 0 heterocycles. The lowest BCUT2D eigenvalue weighted by Crippen LogP contribution is -2.44. The van der Waals surface area contributed by atoms with Crippen LogP contribution in [0.1, 0.15) is 60.8 Å². The molecule has 0 saturated carbocycles. The van der Waals surface area contributed by atoms with Gasteiger partial charge in [0.1, 0.15) is 5.60 Å². The highest BCUT2D eigenvalue weighted by Gasteiger charge is 2.17. The Morgan fingerprint density at radius 1 is 1.28 bits per heavy atom. The van der Waals surface area contributed by atoms with E-state index in [0.29, 0.717) is 12.6 Å². The quantitative estimate of drug-likeness (QED) is 0.738. The standard InChI is InChI=1S/C14H30N2O2/c1-7-9-12(8-2)16-11(3)10-15-13(17)18-14(4,5)6/h11-12,16H,7-10H2,1-6H3,(H,15,17). The molecule has 2 atom stereocenters. The summed E-state index contributed by atoms with van der Waals surface area (Å²) in [5.74, 6) is 0. The predicted octanol–water partition coefficient (Wildman–Crippen LogP) is 3.07. The summed E-state index contributed by atoms with van der Waals surface area (Å²) in [6.07, 6.45) is 3.12. The van der Waals surface area contributed by atoms with Crippen molar-refractivity contribution in [3.63, 3.8) is 0 Å². The van der Waals surface area contributed by atoms with E-state index in [1.54, 1.807) is 0 Å². The normalized spacial score (nSPS) is 15.0. The SMILES string of the molecule is CCCC(CC)NC(C)CNC(=O)OC(C)(C)C. The van der Waals surface area contributed by atoms with E-state index in [9.17, 15) is 4.79 Å². The summed E-state index contributed by atoms with van der Waals surface area (Å²) in [7, 11) is 0. The second-order valence-corrected chi connectivity index (χ2v) is 5.84. The molecule has 0 aliphatic carbocycles. The zero-order chi connectivity index (χ0) is 14.2. The van der Waals surface area contributed by atoms with Crippen molar-refractivity contribution in [3.05, 3.63) is 0 Å². The fourth-order valence-electron chi connectivity index (χ4n) is 1.77.